The fourth-order valence-corrected chi connectivity index (χ4v) is 4.35. The molecule has 1 unspecified atom stereocenters. The Morgan fingerprint density at radius 2 is 1.62 bits per heavy atom. The Hall–Kier alpha value is -3.96. The second-order valence-electron chi connectivity index (χ2n) is 7.46. The number of aliphatic hydroxyl groups excluding tert-OH is 1. The predicted molar refractivity (Wildman–Crippen MR) is 124 cm³/mol. The smallest absolute Gasteiger partial charge is 0.300 e. The lowest BCUT2D eigenvalue weighted by molar-refractivity contribution is -0.132. The monoisotopic (exact) mass is 440 g/mol. The topological polar surface area (TPSA) is 70.5 Å². The van der Waals surface area contributed by atoms with E-state index in [4.69, 9.17) is 11.6 Å². The molecule has 0 radical (unpaired) electrons. The van der Waals surface area contributed by atoms with Crippen molar-refractivity contribution < 1.29 is 14.7 Å². The number of aromatic nitrogens is 1. The molecule has 1 saturated heterocycles. The van der Waals surface area contributed by atoms with E-state index in [2.05, 4.69) is 4.98 Å². The zero-order valence-corrected chi connectivity index (χ0v) is 17.5. The number of rotatable bonds is 3. The van der Waals surface area contributed by atoms with Crippen LogP contribution in [0.3, 0.4) is 0 Å². The van der Waals surface area contributed by atoms with Crippen molar-refractivity contribution >= 4 is 45.5 Å². The van der Waals surface area contributed by atoms with Gasteiger partial charge in [0.1, 0.15) is 5.76 Å². The van der Waals surface area contributed by atoms with Gasteiger partial charge in [-0.15, -0.1) is 0 Å². The summed E-state index contributed by atoms with van der Waals surface area (Å²) < 4.78 is 0. The summed E-state index contributed by atoms with van der Waals surface area (Å²) in [5.41, 5.74) is 1.64. The molecule has 156 valence electrons. The molecular weight excluding hydrogens is 424 g/mol. The molecule has 6 heteroatoms. The number of Topliss-reactive ketones (excluding diaryl/α,β-unsaturated/α-hetero) is 1. The molecule has 1 fully saturated rings. The zero-order valence-electron chi connectivity index (χ0n) is 16.8. The van der Waals surface area contributed by atoms with E-state index in [-0.39, 0.29) is 11.3 Å². The van der Waals surface area contributed by atoms with Crippen LogP contribution in [0.4, 0.5) is 5.69 Å². The van der Waals surface area contributed by atoms with Crippen molar-refractivity contribution in [3.8, 4) is 0 Å². The molecule has 32 heavy (non-hydrogen) atoms. The maximum absolute atomic E-state index is 13.3. The van der Waals surface area contributed by atoms with Crippen LogP contribution in [-0.4, -0.2) is 21.8 Å². The van der Waals surface area contributed by atoms with Crippen LogP contribution >= 0.6 is 11.6 Å². The van der Waals surface area contributed by atoms with Gasteiger partial charge in [0.2, 0.25) is 0 Å². The lowest BCUT2D eigenvalue weighted by atomic mass is 9.93. The fourth-order valence-electron chi connectivity index (χ4n) is 4.16. The molecule has 4 aromatic rings. The molecular formula is C26H17ClN2O3. The van der Waals surface area contributed by atoms with Crippen LogP contribution in [0.25, 0.3) is 16.5 Å². The SMILES string of the molecule is O=C1C(=O)N(c2cccc(Cl)c2)C(c2ccncc2)/C1=C(/O)c1cccc2ccccc12. The number of aliphatic hydroxyl groups is 1. The molecule has 0 aliphatic carbocycles. The summed E-state index contributed by atoms with van der Waals surface area (Å²) >= 11 is 6.17. The minimum absolute atomic E-state index is 0.0255. The van der Waals surface area contributed by atoms with Gasteiger partial charge in [-0.1, -0.05) is 60.1 Å². The van der Waals surface area contributed by atoms with Crippen LogP contribution in [0, 0.1) is 0 Å². The molecule has 3 aromatic carbocycles. The van der Waals surface area contributed by atoms with E-state index < -0.39 is 17.7 Å². The number of anilines is 1. The minimum atomic E-state index is -0.824. The van der Waals surface area contributed by atoms with Crippen LogP contribution in [0.2, 0.25) is 5.02 Å². The first-order valence-electron chi connectivity index (χ1n) is 10.0. The number of carbonyl (C=O) groups is 2. The van der Waals surface area contributed by atoms with E-state index in [9.17, 15) is 14.7 Å². The van der Waals surface area contributed by atoms with Crippen LogP contribution in [0.1, 0.15) is 17.2 Å². The average Bonchev–Trinajstić information content (AvgIpc) is 3.09. The summed E-state index contributed by atoms with van der Waals surface area (Å²) in [5.74, 6) is -1.69. The molecule has 1 aliphatic heterocycles. The van der Waals surface area contributed by atoms with Crippen molar-refractivity contribution in [2.45, 2.75) is 6.04 Å². The molecule has 5 rings (SSSR count). The summed E-state index contributed by atoms with van der Waals surface area (Å²) in [7, 11) is 0. The number of nitrogens with zero attached hydrogens (tertiary/aromatic N) is 2. The average molecular weight is 441 g/mol. The van der Waals surface area contributed by atoms with E-state index in [1.54, 1.807) is 54.9 Å². The van der Waals surface area contributed by atoms with Gasteiger partial charge in [0.25, 0.3) is 11.7 Å². The Morgan fingerprint density at radius 3 is 2.41 bits per heavy atom. The highest BCUT2D eigenvalue weighted by atomic mass is 35.5. The zero-order chi connectivity index (χ0) is 22.2. The molecule has 0 spiro atoms. The number of ketones is 1. The first-order chi connectivity index (χ1) is 15.6. The molecule has 0 saturated carbocycles. The molecule has 5 nitrogen and oxygen atoms in total. The summed E-state index contributed by atoms with van der Waals surface area (Å²) in [6.45, 7) is 0. The summed E-state index contributed by atoms with van der Waals surface area (Å²) in [6.07, 6.45) is 3.18. The minimum Gasteiger partial charge on any atom is -0.507 e. The van der Waals surface area contributed by atoms with Crippen LogP contribution in [-0.2, 0) is 9.59 Å². The Bertz CT molecular complexity index is 1390. The van der Waals surface area contributed by atoms with Crippen LogP contribution in [0.15, 0.2) is 96.8 Å². The highest BCUT2D eigenvalue weighted by Crippen LogP contribution is 2.43. The van der Waals surface area contributed by atoms with E-state index in [1.165, 1.54) is 4.90 Å². The van der Waals surface area contributed by atoms with Gasteiger partial charge in [0, 0.05) is 28.7 Å². The lowest BCUT2D eigenvalue weighted by Gasteiger charge is -2.25. The normalized spacial score (nSPS) is 17.8. The highest BCUT2D eigenvalue weighted by Gasteiger charge is 2.47. The van der Waals surface area contributed by atoms with Gasteiger partial charge in [-0.3, -0.25) is 19.5 Å². The van der Waals surface area contributed by atoms with Gasteiger partial charge in [0.15, 0.2) is 0 Å². The van der Waals surface area contributed by atoms with E-state index in [0.717, 1.165) is 10.8 Å². The Balaban J connectivity index is 1.78. The standard InChI is InChI=1S/C26H17ClN2O3/c27-18-7-4-8-19(15-18)29-23(17-11-13-28-14-12-17)22(25(31)26(29)32)24(30)21-10-3-6-16-5-1-2-9-20(16)21/h1-15,23,30H/b24-22-. The van der Waals surface area contributed by atoms with Gasteiger partial charge in [0.05, 0.1) is 11.6 Å². The Kier molecular flexibility index (Phi) is 4.96. The van der Waals surface area contributed by atoms with Crippen molar-refractivity contribution in [2.24, 2.45) is 0 Å². The van der Waals surface area contributed by atoms with Crippen molar-refractivity contribution in [3.05, 3.63) is 113 Å². The summed E-state index contributed by atoms with van der Waals surface area (Å²) in [4.78, 5) is 31.9. The second kappa shape index (κ2) is 7.94. The maximum atomic E-state index is 13.3. The fraction of sp³-hybridized carbons (Fsp3) is 0.0385. The highest BCUT2D eigenvalue weighted by molar-refractivity contribution is 6.52. The van der Waals surface area contributed by atoms with Crippen molar-refractivity contribution in [2.75, 3.05) is 4.90 Å². The number of fused-ring (bicyclic) bond motifs is 1. The lowest BCUT2D eigenvalue weighted by Crippen LogP contribution is -2.29. The first-order valence-corrected chi connectivity index (χ1v) is 10.4. The maximum Gasteiger partial charge on any atom is 0.300 e. The number of pyridine rings is 1. The molecule has 1 atom stereocenters. The summed E-state index contributed by atoms with van der Waals surface area (Å²) in [5, 5.41) is 13.5. The third-order valence-corrected chi connectivity index (χ3v) is 5.83. The van der Waals surface area contributed by atoms with E-state index >= 15 is 0 Å². The number of amides is 1. The third kappa shape index (κ3) is 3.24. The van der Waals surface area contributed by atoms with Gasteiger partial charge in [-0.2, -0.15) is 0 Å². The van der Waals surface area contributed by atoms with Gasteiger partial charge in [-0.05, 0) is 46.7 Å². The molecule has 1 N–H and O–H groups in total. The van der Waals surface area contributed by atoms with Crippen LogP contribution in [0.5, 0.6) is 0 Å². The number of hydrogen-bond acceptors (Lipinski definition) is 4. The van der Waals surface area contributed by atoms with E-state index in [0.29, 0.717) is 21.8 Å². The molecule has 0 bridgehead atoms. The van der Waals surface area contributed by atoms with Crippen LogP contribution < -0.4 is 4.90 Å². The Morgan fingerprint density at radius 1 is 0.906 bits per heavy atom. The Labute approximate surface area is 189 Å². The summed E-state index contributed by atoms with van der Waals surface area (Å²) in [6, 6.07) is 22.4. The molecule has 1 amide bonds. The number of carbonyl (C=O) groups excluding carboxylic acids is 2. The second-order valence-corrected chi connectivity index (χ2v) is 7.89. The van der Waals surface area contributed by atoms with Crippen molar-refractivity contribution in [3.63, 3.8) is 0 Å². The van der Waals surface area contributed by atoms with Crippen molar-refractivity contribution in [1.82, 2.24) is 4.98 Å². The number of benzene rings is 3. The van der Waals surface area contributed by atoms with Gasteiger partial charge >= 0.3 is 0 Å². The third-order valence-electron chi connectivity index (χ3n) is 5.60. The molecule has 1 aromatic heterocycles. The van der Waals surface area contributed by atoms with E-state index in [1.807, 2.05) is 36.4 Å². The quantitative estimate of drug-likeness (QED) is 0.259. The van der Waals surface area contributed by atoms with Gasteiger partial charge in [-0.25, -0.2) is 0 Å². The number of halogens is 1. The largest absolute Gasteiger partial charge is 0.507 e. The van der Waals surface area contributed by atoms with Gasteiger partial charge < -0.3 is 5.11 Å². The predicted octanol–water partition coefficient (Wildman–Crippen LogP) is 5.51. The van der Waals surface area contributed by atoms with Crippen molar-refractivity contribution in [1.29, 1.82) is 0 Å². The molecule has 1 aliphatic rings. The first kappa shape index (κ1) is 20.0. The molecule has 2 heterocycles. The number of hydrogen-bond donors (Lipinski definition) is 1.